The van der Waals surface area contributed by atoms with Crippen LogP contribution in [0.2, 0.25) is 0 Å². The second-order valence-corrected chi connectivity index (χ2v) is 7.39. The first-order valence-corrected chi connectivity index (χ1v) is 9.07. The molecule has 1 fully saturated rings. The first-order chi connectivity index (χ1) is 11.3. The molecule has 2 aromatic rings. The Balaban J connectivity index is 1.33. The van der Waals surface area contributed by atoms with Crippen molar-refractivity contribution in [3.05, 3.63) is 40.2 Å². The van der Waals surface area contributed by atoms with Gasteiger partial charge >= 0.3 is 6.03 Å². The minimum atomic E-state index is -0.201. The standard InChI is InChI=1S/C17H20N4OS/c22-16(21-17-20-14-3-1-2-4-15(14)23-17)19-9-11-7-13(10-18-8-11)12-5-6-12/h7-8,10,12H,1-6,9H2,(H2,19,20,21,22). The summed E-state index contributed by atoms with van der Waals surface area (Å²) in [6.07, 6.45) is 10.8. The summed E-state index contributed by atoms with van der Waals surface area (Å²) in [5.41, 5.74) is 3.50. The highest BCUT2D eigenvalue weighted by Gasteiger charge is 2.23. The zero-order valence-electron chi connectivity index (χ0n) is 13.0. The Morgan fingerprint density at radius 3 is 2.96 bits per heavy atom. The SMILES string of the molecule is O=C(NCc1cncc(C2CC2)c1)Nc1nc2c(s1)CCCC2. The number of thiazole rings is 1. The number of anilines is 1. The van der Waals surface area contributed by atoms with Crippen molar-refractivity contribution in [1.82, 2.24) is 15.3 Å². The molecule has 0 aliphatic heterocycles. The second kappa shape index (κ2) is 6.28. The van der Waals surface area contributed by atoms with Crippen molar-refractivity contribution in [3.63, 3.8) is 0 Å². The Morgan fingerprint density at radius 2 is 2.13 bits per heavy atom. The van der Waals surface area contributed by atoms with Crippen LogP contribution in [0.3, 0.4) is 0 Å². The molecule has 0 aromatic carbocycles. The monoisotopic (exact) mass is 328 g/mol. The Bertz CT molecular complexity index is 700. The predicted molar refractivity (Wildman–Crippen MR) is 90.8 cm³/mol. The molecule has 5 nitrogen and oxygen atoms in total. The summed E-state index contributed by atoms with van der Waals surface area (Å²) in [7, 11) is 0. The van der Waals surface area contributed by atoms with E-state index in [1.54, 1.807) is 11.3 Å². The van der Waals surface area contributed by atoms with Gasteiger partial charge in [0, 0.05) is 23.8 Å². The van der Waals surface area contributed by atoms with Crippen molar-refractivity contribution in [3.8, 4) is 0 Å². The van der Waals surface area contributed by atoms with Gasteiger partial charge in [-0.15, -0.1) is 11.3 Å². The second-order valence-electron chi connectivity index (χ2n) is 6.30. The molecule has 1 saturated carbocycles. The van der Waals surface area contributed by atoms with E-state index in [1.165, 1.54) is 36.1 Å². The fourth-order valence-electron chi connectivity index (χ4n) is 2.97. The third-order valence-electron chi connectivity index (χ3n) is 4.38. The van der Waals surface area contributed by atoms with Gasteiger partial charge in [-0.25, -0.2) is 9.78 Å². The van der Waals surface area contributed by atoms with E-state index >= 15 is 0 Å². The zero-order valence-corrected chi connectivity index (χ0v) is 13.8. The smallest absolute Gasteiger partial charge is 0.321 e. The number of rotatable bonds is 4. The van der Waals surface area contributed by atoms with Crippen molar-refractivity contribution in [2.45, 2.75) is 51.0 Å². The maximum absolute atomic E-state index is 12.1. The van der Waals surface area contributed by atoms with Crippen LogP contribution in [-0.2, 0) is 19.4 Å². The molecule has 6 heteroatoms. The lowest BCUT2D eigenvalue weighted by molar-refractivity contribution is 0.251. The molecule has 0 bridgehead atoms. The molecule has 0 atom stereocenters. The van der Waals surface area contributed by atoms with Crippen molar-refractivity contribution >= 4 is 22.5 Å². The molecule has 0 unspecified atom stereocenters. The summed E-state index contributed by atoms with van der Waals surface area (Å²) in [5, 5.41) is 6.45. The van der Waals surface area contributed by atoms with Gasteiger partial charge in [-0.05, 0) is 55.6 Å². The molecule has 4 rings (SSSR count). The van der Waals surface area contributed by atoms with Gasteiger partial charge in [0.1, 0.15) is 0 Å². The third-order valence-corrected chi connectivity index (χ3v) is 5.46. The van der Waals surface area contributed by atoms with E-state index in [0.717, 1.165) is 24.1 Å². The number of nitrogens with zero attached hydrogens (tertiary/aromatic N) is 2. The molecular weight excluding hydrogens is 308 g/mol. The average Bonchev–Trinajstić information content (AvgIpc) is 3.34. The van der Waals surface area contributed by atoms with Gasteiger partial charge < -0.3 is 5.32 Å². The molecule has 2 amide bonds. The van der Waals surface area contributed by atoms with Gasteiger partial charge in [0.25, 0.3) is 0 Å². The van der Waals surface area contributed by atoms with Crippen LogP contribution in [0.1, 0.15) is 53.3 Å². The van der Waals surface area contributed by atoms with Crippen molar-refractivity contribution < 1.29 is 4.79 Å². The number of amides is 2. The minimum absolute atomic E-state index is 0.201. The van der Waals surface area contributed by atoms with E-state index in [0.29, 0.717) is 17.6 Å². The Kier molecular flexibility index (Phi) is 3.99. The lowest BCUT2D eigenvalue weighted by Crippen LogP contribution is -2.28. The van der Waals surface area contributed by atoms with Gasteiger partial charge in [0.2, 0.25) is 0 Å². The molecule has 120 valence electrons. The predicted octanol–water partition coefficient (Wildman–Crippen LogP) is 3.62. The van der Waals surface area contributed by atoms with Crippen LogP contribution < -0.4 is 10.6 Å². The number of fused-ring (bicyclic) bond motifs is 1. The summed E-state index contributed by atoms with van der Waals surface area (Å²) in [5.74, 6) is 0.679. The highest BCUT2D eigenvalue weighted by Crippen LogP contribution is 2.39. The van der Waals surface area contributed by atoms with Gasteiger partial charge in [0.05, 0.1) is 5.69 Å². The molecule has 0 saturated heterocycles. The topological polar surface area (TPSA) is 66.9 Å². The Labute approximate surface area is 139 Å². The molecular formula is C17H20N4OS. The maximum atomic E-state index is 12.1. The Morgan fingerprint density at radius 1 is 1.26 bits per heavy atom. The number of carbonyl (C=O) groups is 1. The van der Waals surface area contributed by atoms with Crippen molar-refractivity contribution in [2.75, 3.05) is 5.32 Å². The van der Waals surface area contributed by atoms with E-state index in [1.807, 2.05) is 12.4 Å². The number of aromatic nitrogens is 2. The van der Waals surface area contributed by atoms with E-state index in [4.69, 9.17) is 0 Å². The van der Waals surface area contributed by atoms with Crippen molar-refractivity contribution in [1.29, 1.82) is 0 Å². The number of carbonyl (C=O) groups excluding carboxylic acids is 1. The first-order valence-electron chi connectivity index (χ1n) is 8.25. The van der Waals surface area contributed by atoms with Crippen LogP contribution >= 0.6 is 11.3 Å². The molecule has 0 radical (unpaired) electrons. The largest absolute Gasteiger partial charge is 0.334 e. The normalized spacial score (nSPS) is 16.7. The number of aryl methyl sites for hydroxylation is 2. The molecule has 23 heavy (non-hydrogen) atoms. The van der Waals surface area contributed by atoms with Crippen LogP contribution in [-0.4, -0.2) is 16.0 Å². The third kappa shape index (κ3) is 3.52. The summed E-state index contributed by atoms with van der Waals surface area (Å²) in [6, 6.07) is 1.94. The van der Waals surface area contributed by atoms with Gasteiger partial charge in [-0.2, -0.15) is 0 Å². The molecule has 0 spiro atoms. The molecule has 2 N–H and O–H groups in total. The van der Waals surface area contributed by atoms with Gasteiger partial charge in [0.15, 0.2) is 5.13 Å². The Hall–Kier alpha value is -1.95. The maximum Gasteiger partial charge on any atom is 0.321 e. The fraction of sp³-hybridized carbons (Fsp3) is 0.471. The average molecular weight is 328 g/mol. The summed E-state index contributed by atoms with van der Waals surface area (Å²) in [4.78, 5) is 22.2. The minimum Gasteiger partial charge on any atom is -0.334 e. The van der Waals surface area contributed by atoms with E-state index in [9.17, 15) is 4.79 Å². The van der Waals surface area contributed by atoms with Gasteiger partial charge in [-0.1, -0.05) is 6.07 Å². The lowest BCUT2D eigenvalue weighted by Gasteiger charge is -2.06. The van der Waals surface area contributed by atoms with Crippen LogP contribution in [0.5, 0.6) is 0 Å². The van der Waals surface area contributed by atoms with Crippen LogP contribution in [0.4, 0.5) is 9.93 Å². The first kappa shape index (κ1) is 14.6. The zero-order chi connectivity index (χ0) is 15.6. The molecule has 2 heterocycles. The summed E-state index contributed by atoms with van der Waals surface area (Å²) >= 11 is 1.60. The van der Waals surface area contributed by atoms with E-state index in [2.05, 4.69) is 26.7 Å². The highest BCUT2D eigenvalue weighted by atomic mass is 32.1. The highest BCUT2D eigenvalue weighted by molar-refractivity contribution is 7.15. The summed E-state index contributed by atoms with van der Waals surface area (Å²) in [6.45, 7) is 0.491. The quantitative estimate of drug-likeness (QED) is 0.901. The molecule has 2 aliphatic carbocycles. The number of hydrogen-bond donors (Lipinski definition) is 2. The lowest BCUT2D eigenvalue weighted by atomic mass is 10.0. The summed E-state index contributed by atoms with van der Waals surface area (Å²) < 4.78 is 0. The van der Waals surface area contributed by atoms with Crippen LogP contribution in [0.15, 0.2) is 18.5 Å². The number of nitrogens with one attached hydrogen (secondary N) is 2. The van der Waals surface area contributed by atoms with E-state index < -0.39 is 0 Å². The fourth-order valence-corrected chi connectivity index (χ4v) is 4.02. The molecule has 2 aromatic heterocycles. The number of hydrogen-bond acceptors (Lipinski definition) is 4. The van der Waals surface area contributed by atoms with E-state index in [-0.39, 0.29) is 6.03 Å². The molecule has 2 aliphatic rings. The van der Waals surface area contributed by atoms with Crippen LogP contribution in [0.25, 0.3) is 0 Å². The number of urea groups is 1. The van der Waals surface area contributed by atoms with Crippen molar-refractivity contribution in [2.24, 2.45) is 0 Å². The van der Waals surface area contributed by atoms with Crippen LogP contribution in [0, 0.1) is 0 Å². The van der Waals surface area contributed by atoms with Gasteiger partial charge in [-0.3, -0.25) is 10.3 Å². The number of pyridine rings is 1.